The molecule has 108 valence electrons. The molecule has 0 aliphatic carbocycles. The van der Waals surface area contributed by atoms with Crippen molar-refractivity contribution in [3.63, 3.8) is 0 Å². The van der Waals surface area contributed by atoms with Gasteiger partial charge < -0.3 is 16.0 Å². The summed E-state index contributed by atoms with van der Waals surface area (Å²) in [6.07, 6.45) is 3.83. The number of nitrogens with zero attached hydrogens (tertiary/aromatic N) is 2. The molecule has 2 fully saturated rings. The van der Waals surface area contributed by atoms with Crippen molar-refractivity contribution in [2.45, 2.75) is 31.7 Å². The van der Waals surface area contributed by atoms with Gasteiger partial charge in [-0.3, -0.25) is 14.5 Å². The number of likely N-dealkylation sites (tertiary alicyclic amines) is 1. The largest absolute Gasteiger partial charge is 0.368 e. The highest BCUT2D eigenvalue weighted by molar-refractivity contribution is 5.82. The molecule has 3 N–H and O–H groups in total. The summed E-state index contributed by atoms with van der Waals surface area (Å²) in [7, 11) is 0. The number of rotatable bonds is 3. The van der Waals surface area contributed by atoms with Crippen molar-refractivity contribution in [3.05, 3.63) is 0 Å². The molecule has 0 radical (unpaired) electrons. The molecule has 2 aliphatic rings. The first-order valence-electron chi connectivity index (χ1n) is 7.20. The monoisotopic (exact) mass is 268 g/mol. The molecule has 2 saturated heterocycles. The van der Waals surface area contributed by atoms with Gasteiger partial charge in [-0.05, 0) is 32.4 Å². The summed E-state index contributed by atoms with van der Waals surface area (Å²) < 4.78 is 0. The van der Waals surface area contributed by atoms with Crippen molar-refractivity contribution in [2.75, 3.05) is 39.3 Å². The van der Waals surface area contributed by atoms with Crippen LogP contribution in [0.4, 0.5) is 0 Å². The maximum absolute atomic E-state index is 12.3. The molecule has 0 aromatic heterocycles. The van der Waals surface area contributed by atoms with Crippen molar-refractivity contribution in [1.29, 1.82) is 0 Å². The van der Waals surface area contributed by atoms with E-state index in [1.165, 1.54) is 0 Å². The Hall–Kier alpha value is -1.14. The van der Waals surface area contributed by atoms with Gasteiger partial charge >= 0.3 is 0 Å². The lowest BCUT2D eigenvalue weighted by molar-refractivity contribution is -0.135. The number of carbonyl (C=O) groups is 2. The first kappa shape index (κ1) is 14.3. The van der Waals surface area contributed by atoms with Crippen LogP contribution < -0.4 is 11.1 Å². The summed E-state index contributed by atoms with van der Waals surface area (Å²) >= 11 is 0. The maximum atomic E-state index is 12.3. The average Bonchev–Trinajstić information content (AvgIpc) is 2.68. The van der Waals surface area contributed by atoms with Crippen LogP contribution >= 0.6 is 0 Å². The Kier molecular flexibility index (Phi) is 5.15. The van der Waals surface area contributed by atoms with Crippen LogP contribution in [0.2, 0.25) is 0 Å². The van der Waals surface area contributed by atoms with Gasteiger partial charge in [0, 0.05) is 19.6 Å². The van der Waals surface area contributed by atoms with Crippen LogP contribution in [-0.2, 0) is 9.59 Å². The molecular weight excluding hydrogens is 244 g/mol. The Morgan fingerprint density at radius 1 is 1.11 bits per heavy atom. The first-order chi connectivity index (χ1) is 9.18. The van der Waals surface area contributed by atoms with Crippen LogP contribution in [0.15, 0.2) is 0 Å². The number of nitrogens with two attached hydrogens (primary N) is 1. The van der Waals surface area contributed by atoms with E-state index < -0.39 is 0 Å². The van der Waals surface area contributed by atoms with Crippen molar-refractivity contribution >= 4 is 11.8 Å². The number of piperidine rings is 1. The molecule has 2 rings (SSSR count). The fourth-order valence-electron chi connectivity index (χ4n) is 2.87. The highest BCUT2D eigenvalue weighted by Crippen LogP contribution is 2.16. The van der Waals surface area contributed by atoms with Crippen LogP contribution in [-0.4, -0.2) is 66.9 Å². The fraction of sp³-hybridized carbons (Fsp3) is 0.846. The molecule has 2 amide bonds. The number of amides is 2. The molecule has 6 nitrogen and oxygen atoms in total. The van der Waals surface area contributed by atoms with Crippen LogP contribution in [0.3, 0.4) is 0 Å². The smallest absolute Gasteiger partial charge is 0.236 e. The lowest BCUT2D eigenvalue weighted by Crippen LogP contribution is -2.52. The summed E-state index contributed by atoms with van der Waals surface area (Å²) in [6.45, 7) is 4.51. The molecule has 6 heteroatoms. The Bertz CT molecular complexity index is 327. The van der Waals surface area contributed by atoms with Gasteiger partial charge in [-0.25, -0.2) is 0 Å². The minimum Gasteiger partial charge on any atom is -0.368 e. The van der Waals surface area contributed by atoms with Gasteiger partial charge in [-0.1, -0.05) is 6.42 Å². The molecule has 2 heterocycles. The summed E-state index contributed by atoms with van der Waals surface area (Å²) in [4.78, 5) is 27.6. The Morgan fingerprint density at radius 3 is 2.74 bits per heavy atom. The predicted octanol–water partition coefficient (Wildman–Crippen LogP) is -0.852. The second-order valence-corrected chi connectivity index (χ2v) is 5.37. The predicted molar refractivity (Wildman–Crippen MR) is 72.5 cm³/mol. The lowest BCUT2D eigenvalue weighted by atomic mass is 10.0. The van der Waals surface area contributed by atoms with E-state index in [0.717, 1.165) is 58.4 Å². The second kappa shape index (κ2) is 6.86. The van der Waals surface area contributed by atoms with Crippen molar-refractivity contribution in [3.8, 4) is 0 Å². The van der Waals surface area contributed by atoms with E-state index in [9.17, 15) is 9.59 Å². The normalized spacial score (nSPS) is 25.9. The zero-order valence-electron chi connectivity index (χ0n) is 11.4. The second-order valence-electron chi connectivity index (χ2n) is 5.37. The lowest BCUT2D eigenvalue weighted by Gasteiger charge is -2.34. The van der Waals surface area contributed by atoms with E-state index in [4.69, 9.17) is 5.73 Å². The third-order valence-electron chi connectivity index (χ3n) is 3.97. The number of hydrogen-bond donors (Lipinski definition) is 2. The Balaban J connectivity index is 1.90. The molecule has 0 aromatic carbocycles. The van der Waals surface area contributed by atoms with Crippen molar-refractivity contribution < 1.29 is 9.59 Å². The van der Waals surface area contributed by atoms with Gasteiger partial charge in [0.1, 0.15) is 0 Å². The quantitative estimate of drug-likeness (QED) is 0.699. The van der Waals surface area contributed by atoms with Gasteiger partial charge in [0.05, 0.1) is 12.6 Å². The molecule has 0 aromatic rings. The van der Waals surface area contributed by atoms with E-state index in [0.29, 0.717) is 6.54 Å². The third-order valence-corrected chi connectivity index (χ3v) is 3.97. The molecule has 2 aliphatic heterocycles. The topological polar surface area (TPSA) is 78.7 Å². The Morgan fingerprint density at radius 2 is 1.95 bits per heavy atom. The van der Waals surface area contributed by atoms with Gasteiger partial charge in [0.2, 0.25) is 11.8 Å². The van der Waals surface area contributed by atoms with Gasteiger partial charge in [-0.2, -0.15) is 0 Å². The van der Waals surface area contributed by atoms with E-state index in [-0.39, 0.29) is 17.9 Å². The van der Waals surface area contributed by atoms with Gasteiger partial charge in [0.15, 0.2) is 0 Å². The summed E-state index contributed by atoms with van der Waals surface area (Å²) in [5, 5.41) is 3.28. The van der Waals surface area contributed by atoms with Gasteiger partial charge in [-0.15, -0.1) is 0 Å². The molecule has 0 spiro atoms. The minimum atomic E-state index is -0.301. The summed E-state index contributed by atoms with van der Waals surface area (Å²) in [5.41, 5.74) is 5.42. The zero-order valence-corrected chi connectivity index (χ0v) is 11.4. The average molecular weight is 268 g/mol. The highest BCUT2D eigenvalue weighted by Gasteiger charge is 2.29. The third kappa shape index (κ3) is 3.91. The van der Waals surface area contributed by atoms with E-state index in [2.05, 4.69) is 5.32 Å². The van der Waals surface area contributed by atoms with Crippen molar-refractivity contribution in [1.82, 2.24) is 15.1 Å². The van der Waals surface area contributed by atoms with E-state index in [1.54, 1.807) is 0 Å². The number of primary amides is 1. The molecule has 19 heavy (non-hydrogen) atoms. The van der Waals surface area contributed by atoms with E-state index >= 15 is 0 Å². The van der Waals surface area contributed by atoms with E-state index in [1.807, 2.05) is 9.80 Å². The highest BCUT2D eigenvalue weighted by atomic mass is 16.2. The van der Waals surface area contributed by atoms with Crippen molar-refractivity contribution in [2.24, 2.45) is 5.73 Å². The summed E-state index contributed by atoms with van der Waals surface area (Å²) in [5.74, 6) is -0.179. The molecular formula is C13H24N4O2. The summed E-state index contributed by atoms with van der Waals surface area (Å²) in [6, 6.07) is -0.261. The SMILES string of the molecule is NC(=O)C1CCCCN1CC(=O)N1CCCNCC1. The zero-order chi connectivity index (χ0) is 13.7. The first-order valence-corrected chi connectivity index (χ1v) is 7.20. The maximum Gasteiger partial charge on any atom is 0.236 e. The van der Waals surface area contributed by atoms with Crippen LogP contribution in [0.5, 0.6) is 0 Å². The Labute approximate surface area is 114 Å². The number of nitrogens with one attached hydrogen (secondary N) is 1. The number of hydrogen-bond acceptors (Lipinski definition) is 4. The molecule has 0 saturated carbocycles. The number of carbonyl (C=O) groups excluding carboxylic acids is 2. The fourth-order valence-corrected chi connectivity index (χ4v) is 2.87. The standard InChI is InChI=1S/C13H24N4O2/c14-13(19)11-4-1-2-7-17(11)10-12(18)16-8-3-5-15-6-9-16/h11,15H,1-10H2,(H2,14,19). The molecule has 0 bridgehead atoms. The van der Waals surface area contributed by atoms with Gasteiger partial charge in [0.25, 0.3) is 0 Å². The van der Waals surface area contributed by atoms with Crippen LogP contribution in [0.25, 0.3) is 0 Å². The van der Waals surface area contributed by atoms with Crippen LogP contribution in [0.1, 0.15) is 25.7 Å². The molecule has 1 atom stereocenters. The van der Waals surface area contributed by atoms with Crippen LogP contribution in [0, 0.1) is 0 Å². The molecule has 1 unspecified atom stereocenters. The minimum absolute atomic E-state index is 0.122.